The van der Waals surface area contributed by atoms with Crippen molar-refractivity contribution < 1.29 is 24.1 Å². The zero-order valence-corrected chi connectivity index (χ0v) is 8.44. The van der Waals surface area contributed by atoms with Crippen molar-refractivity contribution in [1.29, 1.82) is 0 Å². The van der Waals surface area contributed by atoms with Gasteiger partial charge in [-0.05, 0) is 20.8 Å². The number of fused-ring (bicyclic) bond motifs is 1. The molecule has 0 aromatic heterocycles. The topological polar surface area (TPSA) is 65.0 Å². The fraction of sp³-hybridized carbons (Fsp3) is 0.889. The molecule has 5 nitrogen and oxygen atoms in total. The summed E-state index contributed by atoms with van der Waals surface area (Å²) >= 11 is 0. The lowest BCUT2D eigenvalue weighted by molar-refractivity contribution is -0.198. The summed E-state index contributed by atoms with van der Waals surface area (Å²) in [6.07, 6.45) is -1.13. The molecule has 0 aliphatic carbocycles. The van der Waals surface area contributed by atoms with Crippen LogP contribution in [0.5, 0.6) is 0 Å². The van der Waals surface area contributed by atoms with Crippen molar-refractivity contribution >= 4 is 5.97 Å². The van der Waals surface area contributed by atoms with E-state index in [0.717, 1.165) is 0 Å². The van der Waals surface area contributed by atoms with Crippen LogP contribution < -0.4 is 0 Å². The minimum absolute atomic E-state index is 0.245. The maximum Gasteiger partial charge on any atom is 0.341 e. The molecule has 2 unspecified atom stereocenters. The average molecular weight is 202 g/mol. The highest BCUT2D eigenvalue weighted by Crippen LogP contribution is 2.43. The molecule has 3 atom stereocenters. The van der Waals surface area contributed by atoms with Crippen LogP contribution in [-0.2, 0) is 19.0 Å². The van der Waals surface area contributed by atoms with Crippen molar-refractivity contribution in [2.75, 3.05) is 6.61 Å². The van der Waals surface area contributed by atoms with Gasteiger partial charge in [-0.1, -0.05) is 0 Å². The van der Waals surface area contributed by atoms with Gasteiger partial charge in [-0.25, -0.2) is 4.79 Å². The summed E-state index contributed by atoms with van der Waals surface area (Å²) in [6.45, 7) is 4.85. The molecule has 2 fully saturated rings. The summed E-state index contributed by atoms with van der Waals surface area (Å²) in [5, 5.41) is 9.00. The molecule has 0 amide bonds. The monoisotopic (exact) mass is 202 g/mol. The SMILES string of the molecule is CC1(C)OC2[C@@H](CO)OC(=O)C2(C)O1. The van der Waals surface area contributed by atoms with Crippen molar-refractivity contribution in [3.8, 4) is 0 Å². The molecule has 14 heavy (non-hydrogen) atoms. The minimum Gasteiger partial charge on any atom is -0.455 e. The lowest BCUT2D eigenvalue weighted by Gasteiger charge is -2.21. The van der Waals surface area contributed by atoms with E-state index in [2.05, 4.69) is 0 Å². The Labute approximate surface area is 81.9 Å². The van der Waals surface area contributed by atoms with Gasteiger partial charge in [-0.2, -0.15) is 0 Å². The second-order valence-corrected chi connectivity index (χ2v) is 4.27. The van der Waals surface area contributed by atoms with Crippen LogP contribution >= 0.6 is 0 Å². The molecule has 2 heterocycles. The van der Waals surface area contributed by atoms with Crippen LogP contribution in [0.1, 0.15) is 20.8 Å². The second-order valence-electron chi connectivity index (χ2n) is 4.27. The number of aliphatic hydroxyl groups is 1. The molecular formula is C9H14O5. The Morgan fingerprint density at radius 1 is 1.43 bits per heavy atom. The average Bonchev–Trinajstić information content (AvgIpc) is 2.42. The molecule has 0 saturated carbocycles. The first-order valence-electron chi connectivity index (χ1n) is 4.59. The molecule has 1 N–H and O–H groups in total. The van der Waals surface area contributed by atoms with Gasteiger partial charge in [0.25, 0.3) is 0 Å². The van der Waals surface area contributed by atoms with Crippen LogP contribution in [0.3, 0.4) is 0 Å². The molecule has 0 aromatic rings. The van der Waals surface area contributed by atoms with E-state index in [1.54, 1.807) is 20.8 Å². The quantitative estimate of drug-likeness (QED) is 0.597. The van der Waals surface area contributed by atoms with Gasteiger partial charge in [-0.3, -0.25) is 0 Å². The van der Waals surface area contributed by atoms with Crippen LogP contribution in [0.2, 0.25) is 0 Å². The van der Waals surface area contributed by atoms with Crippen molar-refractivity contribution in [3.63, 3.8) is 0 Å². The van der Waals surface area contributed by atoms with E-state index in [0.29, 0.717) is 0 Å². The highest BCUT2D eigenvalue weighted by Gasteiger charge is 2.64. The van der Waals surface area contributed by atoms with E-state index in [-0.39, 0.29) is 6.61 Å². The zero-order chi connectivity index (χ0) is 10.6. The molecule has 2 aliphatic rings. The Morgan fingerprint density at radius 2 is 2.07 bits per heavy atom. The van der Waals surface area contributed by atoms with Gasteiger partial charge in [0, 0.05) is 0 Å². The summed E-state index contributed by atoms with van der Waals surface area (Å²) in [7, 11) is 0. The largest absolute Gasteiger partial charge is 0.455 e. The molecule has 0 spiro atoms. The summed E-state index contributed by atoms with van der Waals surface area (Å²) in [6, 6.07) is 0. The first-order valence-corrected chi connectivity index (χ1v) is 4.59. The fourth-order valence-electron chi connectivity index (χ4n) is 2.05. The summed E-state index contributed by atoms with van der Waals surface area (Å²) < 4.78 is 16.0. The third-order valence-corrected chi connectivity index (χ3v) is 2.59. The smallest absolute Gasteiger partial charge is 0.341 e. The molecule has 0 radical (unpaired) electrons. The van der Waals surface area contributed by atoms with Crippen LogP contribution in [0, 0.1) is 0 Å². The van der Waals surface area contributed by atoms with Crippen molar-refractivity contribution in [2.24, 2.45) is 0 Å². The number of esters is 1. The van der Waals surface area contributed by atoms with Crippen molar-refractivity contribution in [2.45, 2.75) is 44.4 Å². The summed E-state index contributed by atoms with van der Waals surface area (Å²) in [5.74, 6) is -1.26. The van der Waals surface area contributed by atoms with Crippen LogP contribution in [0.4, 0.5) is 0 Å². The summed E-state index contributed by atoms with van der Waals surface area (Å²) in [5.41, 5.74) is -1.07. The maximum atomic E-state index is 11.5. The molecule has 5 heteroatoms. The lowest BCUT2D eigenvalue weighted by atomic mass is 9.99. The first kappa shape index (κ1) is 9.89. The van der Waals surface area contributed by atoms with Crippen molar-refractivity contribution in [3.05, 3.63) is 0 Å². The van der Waals surface area contributed by atoms with E-state index in [1.165, 1.54) is 0 Å². The number of cyclic esters (lactones) is 1. The Balaban J connectivity index is 2.30. The van der Waals surface area contributed by atoms with Gasteiger partial charge in [0.15, 0.2) is 17.5 Å². The number of ether oxygens (including phenoxy) is 3. The number of rotatable bonds is 1. The number of hydrogen-bond acceptors (Lipinski definition) is 5. The van der Waals surface area contributed by atoms with E-state index >= 15 is 0 Å². The van der Waals surface area contributed by atoms with Crippen LogP contribution in [-0.4, -0.2) is 41.3 Å². The fourth-order valence-corrected chi connectivity index (χ4v) is 2.05. The van der Waals surface area contributed by atoms with Gasteiger partial charge in [0.1, 0.15) is 6.10 Å². The first-order chi connectivity index (χ1) is 6.39. The molecule has 0 bridgehead atoms. The predicted octanol–water partition coefficient (Wildman–Crippen LogP) is -0.186. The Morgan fingerprint density at radius 3 is 2.64 bits per heavy atom. The zero-order valence-electron chi connectivity index (χ0n) is 8.44. The standard InChI is InChI=1S/C9H14O5/c1-8(2)13-6-5(4-10)12-7(11)9(6,3)14-8/h5-6,10H,4H2,1-3H3/t5-,6?,9?/m1/s1. The molecule has 0 aromatic carbocycles. The van der Waals surface area contributed by atoms with E-state index in [4.69, 9.17) is 19.3 Å². The Kier molecular flexibility index (Phi) is 1.90. The van der Waals surface area contributed by atoms with Gasteiger partial charge in [0.05, 0.1) is 6.61 Å². The highest BCUT2D eigenvalue weighted by molar-refractivity contribution is 5.83. The van der Waals surface area contributed by atoms with Gasteiger partial charge in [0.2, 0.25) is 0 Å². The second kappa shape index (κ2) is 2.68. The van der Waals surface area contributed by atoms with Crippen LogP contribution in [0.25, 0.3) is 0 Å². The third-order valence-electron chi connectivity index (χ3n) is 2.59. The minimum atomic E-state index is -1.07. The lowest BCUT2D eigenvalue weighted by Crippen LogP contribution is -2.41. The molecule has 2 rings (SSSR count). The molecule has 80 valence electrons. The maximum absolute atomic E-state index is 11.5. The Bertz CT molecular complexity index is 274. The third kappa shape index (κ3) is 1.16. The number of carbonyl (C=O) groups excluding carboxylic acids is 1. The molecular weight excluding hydrogens is 188 g/mol. The van der Waals surface area contributed by atoms with E-state index in [1.807, 2.05) is 0 Å². The van der Waals surface area contributed by atoms with E-state index < -0.39 is 29.6 Å². The van der Waals surface area contributed by atoms with E-state index in [9.17, 15) is 4.79 Å². The number of carbonyl (C=O) groups is 1. The summed E-state index contributed by atoms with van der Waals surface area (Å²) in [4.78, 5) is 11.5. The Hall–Kier alpha value is -0.650. The highest BCUT2D eigenvalue weighted by atomic mass is 16.8. The van der Waals surface area contributed by atoms with Gasteiger partial charge in [-0.15, -0.1) is 0 Å². The molecule has 2 saturated heterocycles. The van der Waals surface area contributed by atoms with Crippen molar-refractivity contribution in [1.82, 2.24) is 0 Å². The predicted molar refractivity (Wildman–Crippen MR) is 45.4 cm³/mol. The van der Waals surface area contributed by atoms with Gasteiger partial charge >= 0.3 is 5.97 Å². The van der Waals surface area contributed by atoms with Crippen LogP contribution in [0.15, 0.2) is 0 Å². The molecule has 2 aliphatic heterocycles. The normalized spacial score (nSPS) is 45.0. The number of aliphatic hydroxyl groups excluding tert-OH is 1. The van der Waals surface area contributed by atoms with Gasteiger partial charge < -0.3 is 19.3 Å². The number of hydrogen-bond donors (Lipinski definition) is 1.